The second kappa shape index (κ2) is 5.83. The van der Waals surface area contributed by atoms with Crippen molar-refractivity contribution in [1.29, 1.82) is 0 Å². The van der Waals surface area contributed by atoms with Gasteiger partial charge in [-0.1, -0.05) is 0 Å². The Hall–Kier alpha value is -2.90. The van der Waals surface area contributed by atoms with Crippen molar-refractivity contribution in [3.8, 4) is 0 Å². The Labute approximate surface area is 113 Å². The van der Waals surface area contributed by atoms with Crippen molar-refractivity contribution in [3.05, 3.63) is 62.6 Å². The summed E-state index contributed by atoms with van der Waals surface area (Å²) in [6.07, 6.45) is 2.10. The average molecular weight is 277 g/mol. The minimum Gasteiger partial charge on any atom is -0.469 e. The monoisotopic (exact) mass is 277 g/mol. The zero-order valence-corrected chi connectivity index (χ0v) is 10.3. The molecule has 1 N–H and O–H groups in total. The summed E-state index contributed by atoms with van der Waals surface area (Å²) in [6.45, 7) is 0.423. The molecule has 0 aliphatic carbocycles. The molecule has 0 bridgehead atoms. The first-order chi connectivity index (χ1) is 9.58. The third kappa shape index (κ3) is 3.10. The van der Waals surface area contributed by atoms with E-state index in [-0.39, 0.29) is 17.1 Å². The largest absolute Gasteiger partial charge is 0.469 e. The highest BCUT2D eigenvalue weighted by Gasteiger charge is 2.19. The fraction of sp³-hybridized carbons (Fsp3) is 0.167. The van der Waals surface area contributed by atoms with Crippen molar-refractivity contribution in [3.63, 3.8) is 0 Å². The van der Waals surface area contributed by atoms with E-state index >= 15 is 0 Å². The minimum atomic E-state index is -0.667. The lowest BCUT2D eigenvalue weighted by molar-refractivity contribution is -0.393. The van der Waals surface area contributed by atoms with Gasteiger partial charge in [-0.2, -0.15) is 0 Å². The van der Waals surface area contributed by atoms with Crippen LogP contribution in [0.4, 0.5) is 17.1 Å². The van der Waals surface area contributed by atoms with E-state index in [0.29, 0.717) is 13.0 Å². The van der Waals surface area contributed by atoms with Crippen molar-refractivity contribution >= 4 is 17.1 Å². The number of anilines is 1. The molecule has 8 heteroatoms. The van der Waals surface area contributed by atoms with Crippen LogP contribution in [0.1, 0.15) is 5.76 Å². The van der Waals surface area contributed by atoms with Crippen LogP contribution in [0.3, 0.4) is 0 Å². The first kappa shape index (κ1) is 13.5. The number of hydrogen-bond donors (Lipinski definition) is 1. The molecule has 2 aromatic rings. The number of nitrogens with one attached hydrogen (secondary N) is 1. The summed E-state index contributed by atoms with van der Waals surface area (Å²) in [6, 6.07) is 7.05. The molecule has 0 spiro atoms. The van der Waals surface area contributed by atoms with E-state index in [9.17, 15) is 20.2 Å². The molecule has 0 saturated heterocycles. The van der Waals surface area contributed by atoms with E-state index in [2.05, 4.69) is 5.32 Å². The highest BCUT2D eigenvalue weighted by atomic mass is 16.6. The van der Waals surface area contributed by atoms with Crippen LogP contribution in [0, 0.1) is 20.2 Å². The molecule has 20 heavy (non-hydrogen) atoms. The van der Waals surface area contributed by atoms with E-state index in [4.69, 9.17) is 4.42 Å². The molecule has 1 heterocycles. The summed E-state index contributed by atoms with van der Waals surface area (Å²) in [5.74, 6) is 0.752. The van der Waals surface area contributed by atoms with Gasteiger partial charge in [0, 0.05) is 19.0 Å². The smallest absolute Gasteiger partial charge is 0.299 e. The molecule has 104 valence electrons. The number of non-ortho nitro benzene ring substituents is 1. The van der Waals surface area contributed by atoms with Gasteiger partial charge >= 0.3 is 0 Å². The van der Waals surface area contributed by atoms with Crippen LogP contribution < -0.4 is 5.32 Å². The van der Waals surface area contributed by atoms with Crippen LogP contribution in [0.15, 0.2) is 41.0 Å². The molecule has 0 aliphatic rings. The maximum absolute atomic E-state index is 10.9. The lowest BCUT2D eigenvalue weighted by Crippen LogP contribution is -2.06. The van der Waals surface area contributed by atoms with Crippen LogP contribution in [-0.2, 0) is 6.42 Å². The summed E-state index contributed by atoms with van der Waals surface area (Å²) in [4.78, 5) is 20.2. The summed E-state index contributed by atoms with van der Waals surface area (Å²) >= 11 is 0. The third-order valence-corrected chi connectivity index (χ3v) is 2.66. The third-order valence-electron chi connectivity index (χ3n) is 2.66. The molecule has 1 aromatic carbocycles. The number of hydrogen-bond acceptors (Lipinski definition) is 6. The topological polar surface area (TPSA) is 111 Å². The second-order valence-corrected chi connectivity index (χ2v) is 3.97. The normalized spacial score (nSPS) is 10.2. The summed E-state index contributed by atoms with van der Waals surface area (Å²) in [7, 11) is 0. The molecule has 0 fully saturated rings. The summed E-state index contributed by atoms with van der Waals surface area (Å²) < 4.78 is 5.14. The summed E-state index contributed by atoms with van der Waals surface area (Å²) in [5.41, 5.74) is -0.390. The Balaban J connectivity index is 2.10. The van der Waals surface area contributed by atoms with E-state index in [0.717, 1.165) is 11.8 Å². The van der Waals surface area contributed by atoms with Crippen molar-refractivity contribution in [1.82, 2.24) is 0 Å². The fourth-order valence-electron chi connectivity index (χ4n) is 1.71. The number of rotatable bonds is 6. The van der Waals surface area contributed by atoms with Crippen molar-refractivity contribution in [2.24, 2.45) is 0 Å². The molecule has 2 rings (SSSR count). The highest BCUT2D eigenvalue weighted by Crippen LogP contribution is 2.28. The highest BCUT2D eigenvalue weighted by molar-refractivity contribution is 5.65. The first-order valence-electron chi connectivity index (χ1n) is 5.77. The maximum Gasteiger partial charge on any atom is 0.299 e. The number of nitrogens with zero attached hydrogens (tertiary/aromatic N) is 2. The molecule has 0 aliphatic heterocycles. The van der Waals surface area contributed by atoms with Gasteiger partial charge < -0.3 is 9.73 Å². The molecule has 1 aromatic heterocycles. The van der Waals surface area contributed by atoms with Crippen molar-refractivity contribution in [2.45, 2.75) is 6.42 Å². The van der Waals surface area contributed by atoms with Crippen LogP contribution in [0.2, 0.25) is 0 Å². The zero-order valence-electron chi connectivity index (χ0n) is 10.3. The Bertz CT molecular complexity index is 624. The lowest BCUT2D eigenvalue weighted by Gasteiger charge is -2.05. The van der Waals surface area contributed by atoms with Crippen LogP contribution in [0.5, 0.6) is 0 Å². The van der Waals surface area contributed by atoms with Gasteiger partial charge in [0.25, 0.3) is 11.4 Å². The van der Waals surface area contributed by atoms with Gasteiger partial charge in [0.1, 0.15) is 11.4 Å². The van der Waals surface area contributed by atoms with E-state index in [1.807, 2.05) is 0 Å². The predicted octanol–water partition coefficient (Wildman–Crippen LogP) is 2.75. The summed E-state index contributed by atoms with van der Waals surface area (Å²) in [5, 5.41) is 24.4. The van der Waals surface area contributed by atoms with Gasteiger partial charge in [-0.05, 0) is 18.2 Å². The van der Waals surface area contributed by atoms with Gasteiger partial charge in [-0.15, -0.1) is 0 Å². The molecular weight excluding hydrogens is 266 g/mol. The Morgan fingerprint density at radius 2 is 1.95 bits per heavy atom. The standard InChI is InChI=1S/C12H11N3O5/c16-14(17)9-3-4-11(12(8-9)15(18)19)13-6-5-10-2-1-7-20-10/h1-4,7-8,13H,5-6H2. The molecule has 8 nitrogen and oxygen atoms in total. The van der Waals surface area contributed by atoms with Crippen molar-refractivity contribution < 1.29 is 14.3 Å². The molecule has 0 radical (unpaired) electrons. The van der Waals surface area contributed by atoms with Gasteiger partial charge in [-0.25, -0.2) is 0 Å². The number of nitro groups is 2. The first-order valence-corrected chi connectivity index (χ1v) is 5.77. The number of furan rings is 1. The molecule has 0 atom stereocenters. The zero-order chi connectivity index (χ0) is 14.5. The Kier molecular flexibility index (Phi) is 3.94. The molecule has 0 amide bonds. The number of nitro benzene ring substituents is 2. The van der Waals surface area contributed by atoms with Gasteiger partial charge in [0.05, 0.1) is 22.2 Å². The fourth-order valence-corrected chi connectivity index (χ4v) is 1.71. The average Bonchev–Trinajstić information content (AvgIpc) is 2.91. The van der Waals surface area contributed by atoms with E-state index < -0.39 is 9.85 Å². The van der Waals surface area contributed by atoms with Gasteiger partial charge in [-0.3, -0.25) is 20.2 Å². The predicted molar refractivity (Wildman–Crippen MR) is 70.7 cm³/mol. The second-order valence-electron chi connectivity index (χ2n) is 3.97. The van der Waals surface area contributed by atoms with Crippen LogP contribution >= 0.6 is 0 Å². The Morgan fingerprint density at radius 1 is 1.15 bits per heavy atom. The minimum absolute atomic E-state index is 0.243. The molecule has 0 saturated carbocycles. The molecular formula is C12H11N3O5. The van der Waals surface area contributed by atoms with Crippen LogP contribution in [0.25, 0.3) is 0 Å². The van der Waals surface area contributed by atoms with Crippen molar-refractivity contribution in [2.75, 3.05) is 11.9 Å². The van der Waals surface area contributed by atoms with Crippen LogP contribution in [-0.4, -0.2) is 16.4 Å². The van der Waals surface area contributed by atoms with Gasteiger partial charge in [0.2, 0.25) is 0 Å². The van der Waals surface area contributed by atoms with Gasteiger partial charge in [0.15, 0.2) is 0 Å². The molecule has 0 unspecified atom stereocenters. The van der Waals surface area contributed by atoms with E-state index in [1.165, 1.54) is 12.1 Å². The number of benzene rings is 1. The lowest BCUT2D eigenvalue weighted by atomic mass is 10.2. The van der Waals surface area contributed by atoms with E-state index in [1.54, 1.807) is 18.4 Å². The quantitative estimate of drug-likeness (QED) is 0.641. The Morgan fingerprint density at radius 3 is 2.55 bits per heavy atom. The SMILES string of the molecule is O=[N+]([O-])c1ccc(NCCc2ccco2)c([N+](=O)[O-])c1. The maximum atomic E-state index is 10.9.